The van der Waals surface area contributed by atoms with Crippen LogP contribution in [0.15, 0.2) is 53.1 Å². The zero-order chi connectivity index (χ0) is 21.0. The Kier molecular flexibility index (Phi) is 6.71. The molecule has 1 atom stereocenters. The summed E-state index contributed by atoms with van der Waals surface area (Å²) in [6, 6.07) is 10.3. The Bertz CT molecular complexity index is 888. The molecule has 1 aromatic carbocycles. The molecule has 1 aliphatic rings. The first-order valence-corrected chi connectivity index (χ1v) is 10.7. The molecule has 0 bridgehead atoms. The second kappa shape index (κ2) is 9.24. The van der Waals surface area contributed by atoms with Gasteiger partial charge in [-0.3, -0.25) is 9.59 Å². The highest BCUT2D eigenvalue weighted by Crippen LogP contribution is 2.39. The minimum atomic E-state index is -0.614. The van der Waals surface area contributed by atoms with E-state index in [0.29, 0.717) is 24.6 Å². The molecule has 1 aliphatic heterocycles. The molecule has 0 saturated heterocycles. The van der Waals surface area contributed by atoms with Crippen molar-refractivity contribution in [2.24, 2.45) is 0 Å². The van der Waals surface area contributed by atoms with Crippen LogP contribution in [0.3, 0.4) is 0 Å². The number of aliphatic hydroxyl groups excluding tert-OH is 1. The lowest BCUT2D eigenvalue weighted by atomic mass is 9.95. The summed E-state index contributed by atoms with van der Waals surface area (Å²) in [6.07, 6.45) is 0.912. The van der Waals surface area contributed by atoms with Gasteiger partial charge < -0.3 is 19.6 Å². The molecule has 0 radical (unpaired) electrons. The van der Waals surface area contributed by atoms with Gasteiger partial charge in [0.2, 0.25) is 5.78 Å². The molecule has 7 heteroatoms. The molecule has 2 heterocycles. The topological polar surface area (TPSA) is 71.3 Å². The lowest BCUT2D eigenvalue weighted by Gasteiger charge is -2.27. The largest absolute Gasteiger partial charge is 0.503 e. The fourth-order valence-electron chi connectivity index (χ4n) is 3.31. The Morgan fingerprint density at radius 1 is 1.24 bits per heavy atom. The Labute approximate surface area is 175 Å². The van der Waals surface area contributed by atoms with E-state index in [0.717, 1.165) is 17.7 Å². The molecule has 0 fully saturated rings. The number of benzene rings is 1. The molecule has 1 amide bonds. The second-order valence-electron chi connectivity index (χ2n) is 7.34. The zero-order valence-electron chi connectivity index (χ0n) is 17.0. The number of thiophene rings is 1. The van der Waals surface area contributed by atoms with Gasteiger partial charge in [-0.15, -0.1) is 11.3 Å². The number of amides is 1. The first kappa shape index (κ1) is 21.1. The number of carbonyl (C=O) groups excluding carboxylic acids is 2. The lowest BCUT2D eigenvalue weighted by molar-refractivity contribution is -0.857. The number of nitrogens with zero attached hydrogens (tertiary/aromatic N) is 1. The number of hydrogen-bond donors (Lipinski definition) is 2. The summed E-state index contributed by atoms with van der Waals surface area (Å²) in [7, 11) is 4.00. The number of Topliss-reactive ketones (excluding diaryl/α,β-unsaturated/α-hetero) is 1. The normalized spacial score (nSPS) is 16.8. The lowest BCUT2D eigenvalue weighted by Crippen LogP contribution is -3.06. The van der Waals surface area contributed by atoms with E-state index in [1.54, 1.807) is 17.0 Å². The van der Waals surface area contributed by atoms with Crippen molar-refractivity contribution in [1.82, 2.24) is 4.90 Å². The minimum Gasteiger partial charge on any atom is -0.503 e. The number of nitrogens with one attached hydrogen (secondary N) is 1. The molecule has 3 rings (SSSR count). The molecule has 154 valence electrons. The van der Waals surface area contributed by atoms with Crippen molar-refractivity contribution in [2.45, 2.75) is 19.4 Å². The van der Waals surface area contributed by atoms with Crippen molar-refractivity contribution >= 4 is 23.0 Å². The van der Waals surface area contributed by atoms with Gasteiger partial charge in [0.25, 0.3) is 5.91 Å². The number of hydrogen-bond acceptors (Lipinski definition) is 5. The van der Waals surface area contributed by atoms with Crippen LogP contribution in [0.2, 0.25) is 0 Å². The van der Waals surface area contributed by atoms with Crippen molar-refractivity contribution in [3.05, 3.63) is 63.6 Å². The van der Waals surface area contributed by atoms with Gasteiger partial charge in [-0.05, 0) is 35.6 Å². The van der Waals surface area contributed by atoms with E-state index >= 15 is 0 Å². The van der Waals surface area contributed by atoms with Crippen LogP contribution in [-0.4, -0.2) is 55.5 Å². The summed E-state index contributed by atoms with van der Waals surface area (Å²) in [5, 5.41) is 12.4. The maximum atomic E-state index is 13.1. The van der Waals surface area contributed by atoms with E-state index in [4.69, 9.17) is 4.74 Å². The number of ether oxygens (including phenoxy) is 1. The number of rotatable bonds is 9. The number of aliphatic hydroxyl groups is 1. The van der Waals surface area contributed by atoms with Crippen molar-refractivity contribution < 1.29 is 24.3 Å². The zero-order valence-corrected chi connectivity index (χ0v) is 17.8. The summed E-state index contributed by atoms with van der Waals surface area (Å²) < 4.78 is 5.64. The van der Waals surface area contributed by atoms with E-state index < -0.39 is 17.7 Å². The van der Waals surface area contributed by atoms with Gasteiger partial charge >= 0.3 is 0 Å². The maximum absolute atomic E-state index is 13.1. The summed E-state index contributed by atoms with van der Waals surface area (Å²) in [5.74, 6) is -0.513. The fourth-order valence-corrected chi connectivity index (χ4v) is 3.99. The minimum absolute atomic E-state index is 0.147. The molecule has 29 heavy (non-hydrogen) atoms. The summed E-state index contributed by atoms with van der Waals surface area (Å²) in [6.45, 7) is 3.81. The van der Waals surface area contributed by atoms with Gasteiger partial charge in [0.15, 0.2) is 5.76 Å². The average molecular weight is 416 g/mol. The molecule has 1 aromatic heterocycles. The number of quaternary nitrogens is 1. The van der Waals surface area contributed by atoms with E-state index in [9.17, 15) is 14.7 Å². The molecule has 0 spiro atoms. The van der Waals surface area contributed by atoms with Gasteiger partial charge in [0, 0.05) is 0 Å². The van der Waals surface area contributed by atoms with Crippen molar-refractivity contribution in [2.75, 3.05) is 33.8 Å². The quantitative estimate of drug-likeness (QED) is 0.617. The summed E-state index contributed by atoms with van der Waals surface area (Å²) >= 11 is 1.30. The van der Waals surface area contributed by atoms with E-state index in [-0.39, 0.29) is 11.4 Å². The summed E-state index contributed by atoms with van der Waals surface area (Å²) in [4.78, 5) is 29.2. The highest BCUT2D eigenvalue weighted by molar-refractivity contribution is 7.12. The summed E-state index contributed by atoms with van der Waals surface area (Å²) in [5.41, 5.74) is 0.924. The van der Waals surface area contributed by atoms with Crippen LogP contribution in [0, 0.1) is 0 Å². The van der Waals surface area contributed by atoms with Gasteiger partial charge in [-0.25, -0.2) is 0 Å². The molecule has 2 N–H and O–H groups in total. The van der Waals surface area contributed by atoms with Crippen LogP contribution in [-0.2, 0) is 4.79 Å². The average Bonchev–Trinajstić information content (AvgIpc) is 3.33. The van der Waals surface area contributed by atoms with Gasteiger partial charge in [-0.2, -0.15) is 0 Å². The van der Waals surface area contributed by atoms with Crippen molar-refractivity contribution in [1.29, 1.82) is 0 Å². The monoisotopic (exact) mass is 415 g/mol. The van der Waals surface area contributed by atoms with Crippen LogP contribution in [0.1, 0.15) is 34.6 Å². The molecule has 0 aliphatic carbocycles. The Morgan fingerprint density at radius 2 is 1.97 bits per heavy atom. The van der Waals surface area contributed by atoms with Crippen molar-refractivity contribution in [3.8, 4) is 5.75 Å². The van der Waals surface area contributed by atoms with E-state index in [1.165, 1.54) is 16.2 Å². The Morgan fingerprint density at radius 3 is 2.55 bits per heavy atom. The van der Waals surface area contributed by atoms with Crippen LogP contribution in [0.25, 0.3) is 0 Å². The molecular weight excluding hydrogens is 388 g/mol. The standard InChI is InChI=1S/C22H26N2O4S/c1-4-13-28-16-9-7-15(8-10-16)19-18(20(25)17-6-5-14-29-17)21(26)22(27)24(19)12-11-23(2)3/h5-10,14,19,26H,4,11-13H2,1-3H3/p+1/t19-/m1/s1. The fraction of sp³-hybridized carbons (Fsp3) is 0.364. The Hall–Kier alpha value is -2.64. The molecule has 2 aromatic rings. The first-order chi connectivity index (χ1) is 13.9. The van der Waals surface area contributed by atoms with Crippen LogP contribution in [0.5, 0.6) is 5.75 Å². The highest BCUT2D eigenvalue weighted by Gasteiger charge is 2.44. The van der Waals surface area contributed by atoms with Crippen LogP contribution >= 0.6 is 11.3 Å². The number of likely N-dealkylation sites (N-methyl/N-ethyl adjacent to an activating group) is 1. The van der Waals surface area contributed by atoms with Gasteiger partial charge in [0.1, 0.15) is 5.75 Å². The SMILES string of the molecule is CCCOc1ccc([C@@H]2C(C(=O)c3cccs3)=C(O)C(=O)N2CC[NH+](C)C)cc1. The van der Waals surface area contributed by atoms with Gasteiger partial charge in [-0.1, -0.05) is 25.1 Å². The third kappa shape index (κ3) is 4.52. The third-order valence-electron chi connectivity index (χ3n) is 4.81. The molecule has 0 saturated carbocycles. The van der Waals surface area contributed by atoms with Crippen LogP contribution < -0.4 is 9.64 Å². The molecular formula is C22H27N2O4S+. The predicted molar refractivity (Wildman–Crippen MR) is 113 cm³/mol. The molecule has 6 nitrogen and oxygen atoms in total. The number of ketones is 1. The highest BCUT2D eigenvalue weighted by atomic mass is 32.1. The predicted octanol–water partition coefficient (Wildman–Crippen LogP) is 2.26. The second-order valence-corrected chi connectivity index (χ2v) is 8.29. The number of carbonyl (C=O) groups is 2. The first-order valence-electron chi connectivity index (χ1n) is 9.78. The smallest absolute Gasteiger partial charge is 0.290 e. The maximum Gasteiger partial charge on any atom is 0.290 e. The molecule has 0 unspecified atom stereocenters. The third-order valence-corrected chi connectivity index (χ3v) is 5.68. The van der Waals surface area contributed by atoms with E-state index in [1.807, 2.05) is 50.7 Å². The van der Waals surface area contributed by atoms with Gasteiger partial charge in [0.05, 0.1) is 50.3 Å². The van der Waals surface area contributed by atoms with Crippen molar-refractivity contribution in [3.63, 3.8) is 0 Å². The Balaban J connectivity index is 1.98. The van der Waals surface area contributed by atoms with E-state index in [2.05, 4.69) is 0 Å². The van der Waals surface area contributed by atoms with Crippen LogP contribution in [0.4, 0.5) is 0 Å².